The van der Waals surface area contributed by atoms with Gasteiger partial charge >= 0.3 is 0 Å². The van der Waals surface area contributed by atoms with Gasteiger partial charge in [0.25, 0.3) is 0 Å². The van der Waals surface area contributed by atoms with Crippen molar-refractivity contribution in [1.82, 2.24) is 19.6 Å². The van der Waals surface area contributed by atoms with Crippen molar-refractivity contribution in [2.24, 2.45) is 17.8 Å². The molecule has 1 aliphatic carbocycles. The summed E-state index contributed by atoms with van der Waals surface area (Å²) in [5, 5.41) is 8.49. The molecule has 5 saturated heterocycles. The third-order valence-corrected chi connectivity index (χ3v) is 12.7. The van der Waals surface area contributed by atoms with E-state index in [1.807, 2.05) is 6.20 Å². The van der Waals surface area contributed by atoms with Crippen LogP contribution in [0.25, 0.3) is 10.6 Å². The van der Waals surface area contributed by atoms with Crippen LogP contribution in [-0.4, -0.2) is 105 Å². The minimum Gasteiger partial charge on any atom is -0.687 e. The number of likely N-dealkylation sites (tertiary alicyclic amines) is 4. The van der Waals surface area contributed by atoms with Crippen LogP contribution in [0.1, 0.15) is 120 Å². The van der Waals surface area contributed by atoms with Gasteiger partial charge in [0, 0.05) is 55.2 Å². The summed E-state index contributed by atoms with van der Waals surface area (Å²) in [5.74, 6) is 2.53. The Hall–Kier alpha value is -0.323. The molecular weight excluding hydrogens is 1030 g/mol. The van der Waals surface area contributed by atoms with E-state index < -0.39 is 0 Å². The van der Waals surface area contributed by atoms with E-state index in [4.69, 9.17) is 0 Å². The van der Waals surface area contributed by atoms with Crippen LogP contribution in [0.5, 0.6) is 0 Å². The van der Waals surface area contributed by atoms with Crippen molar-refractivity contribution in [2.75, 3.05) is 85.1 Å². The van der Waals surface area contributed by atoms with E-state index in [0.29, 0.717) is 0 Å². The van der Waals surface area contributed by atoms with E-state index in [1.165, 1.54) is 191 Å². The van der Waals surface area contributed by atoms with Crippen molar-refractivity contribution in [1.29, 1.82) is 0 Å². The third kappa shape index (κ3) is 17.3. The topological polar surface area (TPSA) is 41.2 Å². The van der Waals surface area contributed by atoms with Crippen LogP contribution in [0.3, 0.4) is 0 Å². The van der Waals surface area contributed by atoms with Gasteiger partial charge in [0.1, 0.15) is 0 Å². The first-order chi connectivity index (χ1) is 25.8. The molecule has 1 aromatic carbocycles. The van der Waals surface area contributed by atoms with Gasteiger partial charge in [-0.3, -0.25) is 0 Å². The Morgan fingerprint density at radius 3 is 1.48 bits per heavy atom. The van der Waals surface area contributed by atoms with E-state index in [-0.39, 0.29) is 42.1 Å². The Labute approximate surface area is 361 Å². The molecule has 0 bridgehead atoms. The van der Waals surface area contributed by atoms with Crippen LogP contribution in [-0.2, 0) is 55.2 Å². The average Bonchev–Trinajstić information content (AvgIpc) is 3.21. The number of hydrogen-bond acceptors (Lipinski definition) is 4. The summed E-state index contributed by atoms with van der Waals surface area (Å²) in [5.41, 5.74) is 4.24. The fourth-order valence-electron chi connectivity index (χ4n) is 9.75. The molecule has 0 aromatic heterocycles. The largest absolute Gasteiger partial charge is 0.687 e. The molecule has 0 radical (unpaired) electrons. The van der Waals surface area contributed by atoms with E-state index >= 15 is 0 Å². The minimum absolute atomic E-state index is 0. The van der Waals surface area contributed by atoms with Gasteiger partial charge in [-0.2, -0.15) is 42.3 Å². The van der Waals surface area contributed by atoms with Crippen molar-refractivity contribution < 1.29 is 42.1 Å². The standard InChI is InChI=1S/C18H33N2.C18H27N2.C10H14N2.2Pt/c2*1-3-10-19(11-4-1)15-17-8-7-9-18(14-17)16-20-12-5-2-6-13-20;1-5-11-6-2-9(1)10-3-7-12-8-4-10;;/h14,17-18H,1-13,15-16H2;7-9H,1-6,10-13,15-16H2;1-2,5,10H,3-4,6-8H2;;/q2*-1;-2;;. The molecule has 7 aliphatic rings. The summed E-state index contributed by atoms with van der Waals surface area (Å²) >= 11 is 0. The quantitative estimate of drug-likeness (QED) is 0.231. The van der Waals surface area contributed by atoms with E-state index in [1.54, 1.807) is 0 Å². The van der Waals surface area contributed by atoms with Gasteiger partial charge in [0.05, 0.1) is 0 Å². The summed E-state index contributed by atoms with van der Waals surface area (Å²) in [6, 6.07) is 10.4. The summed E-state index contributed by atoms with van der Waals surface area (Å²) < 4.78 is 0. The van der Waals surface area contributed by atoms with Crippen LogP contribution in [0.4, 0.5) is 0 Å². The summed E-state index contributed by atoms with van der Waals surface area (Å²) in [4.78, 5) is 10.6. The molecule has 1 aromatic rings. The fraction of sp³-hybridized carbons (Fsp3) is 0.761. The predicted molar refractivity (Wildman–Crippen MR) is 221 cm³/mol. The Morgan fingerprint density at radius 2 is 1.04 bits per heavy atom. The molecular formula is C46H74N6Pt2-4. The first-order valence-corrected chi connectivity index (χ1v) is 22.2. The SMILES string of the molecule is C1=CC(C2CC[N-]CC2)=CC[N-]1.[CH-]1C(CN2CCCCC2)CCCC1CN1CCCCC1.[Pt].[Pt].[c-]1c(CN2CCCCC2)cccc1CN1CCCCC1. The van der Waals surface area contributed by atoms with Gasteiger partial charge in [-0.1, -0.05) is 75.5 Å². The zero-order valence-corrected chi connectivity index (χ0v) is 38.3. The monoisotopic (exact) mass is 1100 g/mol. The molecule has 0 spiro atoms. The Morgan fingerprint density at radius 1 is 0.574 bits per heavy atom. The third-order valence-electron chi connectivity index (χ3n) is 12.7. The van der Waals surface area contributed by atoms with Gasteiger partial charge in [0.15, 0.2) is 0 Å². The second-order valence-corrected chi connectivity index (χ2v) is 17.1. The molecule has 0 N–H and O–H groups in total. The number of nitrogens with zero attached hydrogens (tertiary/aromatic N) is 6. The second-order valence-electron chi connectivity index (χ2n) is 17.1. The normalized spacial score (nSPS) is 26.3. The molecule has 312 valence electrons. The summed E-state index contributed by atoms with van der Waals surface area (Å²) in [6.45, 7) is 18.4. The second kappa shape index (κ2) is 27.4. The van der Waals surface area contributed by atoms with Gasteiger partial charge in [0.2, 0.25) is 0 Å². The van der Waals surface area contributed by atoms with E-state index in [2.05, 4.69) is 73.1 Å². The van der Waals surface area contributed by atoms with Crippen LogP contribution < -0.4 is 0 Å². The zero-order valence-electron chi connectivity index (χ0n) is 33.7. The van der Waals surface area contributed by atoms with Gasteiger partial charge < -0.3 is 36.7 Å². The molecule has 6 fully saturated rings. The molecule has 1 saturated carbocycles. The number of allylic oxidation sites excluding steroid dienone is 2. The first-order valence-electron chi connectivity index (χ1n) is 22.2. The molecule has 54 heavy (non-hydrogen) atoms. The smallest absolute Gasteiger partial charge is 0.000741 e. The van der Waals surface area contributed by atoms with Gasteiger partial charge in [-0.05, 0) is 123 Å². The van der Waals surface area contributed by atoms with E-state index in [0.717, 1.165) is 50.5 Å². The van der Waals surface area contributed by atoms with E-state index in [9.17, 15) is 0 Å². The molecule has 2 atom stereocenters. The maximum absolute atomic E-state index is 4.35. The maximum Gasteiger partial charge on any atom is 0.000741 e. The van der Waals surface area contributed by atoms with Crippen molar-refractivity contribution in [3.05, 3.63) is 76.4 Å². The number of piperidine rings is 5. The van der Waals surface area contributed by atoms with Crippen molar-refractivity contribution in [2.45, 2.75) is 122 Å². The first kappa shape index (κ1) is 46.4. The number of hydrogen-bond donors (Lipinski definition) is 0. The Kier molecular flexibility index (Phi) is 23.5. The molecule has 8 rings (SSSR count). The summed E-state index contributed by atoms with van der Waals surface area (Å²) in [7, 11) is 0. The molecule has 8 heteroatoms. The zero-order chi connectivity index (χ0) is 35.5. The van der Waals surface area contributed by atoms with Crippen LogP contribution in [0.2, 0.25) is 0 Å². The average molecular weight is 1100 g/mol. The Balaban J connectivity index is 0.000000183. The molecule has 0 amide bonds. The van der Waals surface area contributed by atoms with Gasteiger partial charge in [-0.25, -0.2) is 0 Å². The fourth-order valence-corrected chi connectivity index (χ4v) is 9.75. The van der Waals surface area contributed by atoms with Gasteiger partial charge in [-0.15, -0.1) is 30.8 Å². The van der Waals surface area contributed by atoms with Crippen molar-refractivity contribution >= 4 is 0 Å². The molecule has 6 nitrogen and oxygen atoms in total. The molecule has 6 heterocycles. The summed E-state index contributed by atoms with van der Waals surface area (Å²) in [6.07, 6.45) is 32.9. The van der Waals surface area contributed by atoms with Crippen molar-refractivity contribution in [3.63, 3.8) is 0 Å². The van der Waals surface area contributed by atoms with Crippen LogP contribution in [0, 0.1) is 30.2 Å². The van der Waals surface area contributed by atoms with Crippen LogP contribution in [0.15, 0.2) is 42.1 Å². The Bertz CT molecular complexity index is 1100. The predicted octanol–water partition coefficient (Wildman–Crippen LogP) is 9.63. The molecule has 2 unspecified atom stereocenters. The number of rotatable bonds is 9. The minimum atomic E-state index is 0. The maximum atomic E-state index is 4.35. The molecule has 6 aliphatic heterocycles. The van der Waals surface area contributed by atoms with Crippen molar-refractivity contribution in [3.8, 4) is 0 Å². The van der Waals surface area contributed by atoms with Crippen LogP contribution >= 0.6 is 0 Å². The number of benzene rings is 1.